The SMILES string of the molecule is Cc1cccc2c1N(c1cccc[n+]1C)CC2. The summed E-state index contributed by atoms with van der Waals surface area (Å²) in [5, 5.41) is 0. The molecular formula is C15H17N2+. The quantitative estimate of drug-likeness (QED) is 0.676. The molecule has 2 heteroatoms. The summed E-state index contributed by atoms with van der Waals surface area (Å²) in [5.41, 5.74) is 4.23. The molecule has 0 saturated carbocycles. The molecule has 1 aromatic heterocycles. The molecule has 3 rings (SSSR count). The molecule has 0 amide bonds. The van der Waals surface area contributed by atoms with Crippen LogP contribution in [0.3, 0.4) is 0 Å². The number of rotatable bonds is 1. The Morgan fingerprint density at radius 3 is 2.82 bits per heavy atom. The zero-order valence-electron chi connectivity index (χ0n) is 10.4. The summed E-state index contributed by atoms with van der Waals surface area (Å²) in [6, 6.07) is 12.9. The highest BCUT2D eigenvalue weighted by molar-refractivity contribution is 5.69. The summed E-state index contributed by atoms with van der Waals surface area (Å²) in [7, 11) is 2.10. The first-order valence-corrected chi connectivity index (χ1v) is 6.08. The molecule has 0 N–H and O–H groups in total. The van der Waals surface area contributed by atoms with Crippen molar-refractivity contribution in [2.75, 3.05) is 11.4 Å². The molecular weight excluding hydrogens is 208 g/mol. The van der Waals surface area contributed by atoms with Gasteiger partial charge in [0.25, 0.3) is 5.82 Å². The maximum atomic E-state index is 2.42. The van der Waals surface area contributed by atoms with Gasteiger partial charge in [0.2, 0.25) is 0 Å². The van der Waals surface area contributed by atoms with Crippen LogP contribution >= 0.6 is 0 Å². The molecule has 0 bridgehead atoms. The Hall–Kier alpha value is -1.83. The summed E-state index contributed by atoms with van der Waals surface area (Å²) >= 11 is 0. The van der Waals surface area contributed by atoms with Gasteiger partial charge in [0.1, 0.15) is 5.69 Å². The van der Waals surface area contributed by atoms with E-state index in [9.17, 15) is 0 Å². The number of hydrogen-bond donors (Lipinski definition) is 0. The van der Waals surface area contributed by atoms with Crippen molar-refractivity contribution in [1.82, 2.24) is 0 Å². The van der Waals surface area contributed by atoms with Crippen molar-refractivity contribution in [1.29, 1.82) is 0 Å². The minimum absolute atomic E-state index is 1.08. The number of para-hydroxylation sites is 1. The van der Waals surface area contributed by atoms with Crippen LogP contribution in [0.5, 0.6) is 0 Å². The molecule has 1 aliphatic rings. The second kappa shape index (κ2) is 3.88. The molecule has 86 valence electrons. The minimum atomic E-state index is 1.08. The molecule has 0 atom stereocenters. The summed E-state index contributed by atoms with van der Waals surface area (Å²) < 4.78 is 2.18. The van der Waals surface area contributed by atoms with Crippen LogP contribution in [0.1, 0.15) is 11.1 Å². The molecule has 17 heavy (non-hydrogen) atoms. The van der Waals surface area contributed by atoms with Crippen LogP contribution in [0.2, 0.25) is 0 Å². The highest BCUT2D eigenvalue weighted by atomic mass is 15.2. The topological polar surface area (TPSA) is 7.12 Å². The van der Waals surface area contributed by atoms with Gasteiger partial charge in [-0.15, -0.1) is 0 Å². The molecule has 1 aliphatic heterocycles. The van der Waals surface area contributed by atoms with Crippen LogP contribution in [-0.4, -0.2) is 6.54 Å². The van der Waals surface area contributed by atoms with Gasteiger partial charge in [0.05, 0.1) is 19.8 Å². The number of fused-ring (bicyclic) bond motifs is 1. The lowest BCUT2D eigenvalue weighted by molar-refractivity contribution is -0.658. The number of aryl methyl sites for hydroxylation is 2. The van der Waals surface area contributed by atoms with Crippen molar-refractivity contribution in [3.8, 4) is 0 Å². The van der Waals surface area contributed by atoms with Gasteiger partial charge in [0.15, 0.2) is 0 Å². The van der Waals surface area contributed by atoms with Crippen molar-refractivity contribution in [2.45, 2.75) is 13.3 Å². The van der Waals surface area contributed by atoms with E-state index < -0.39 is 0 Å². The van der Waals surface area contributed by atoms with E-state index in [0.29, 0.717) is 0 Å². The molecule has 0 fully saturated rings. The zero-order valence-corrected chi connectivity index (χ0v) is 10.4. The first-order valence-electron chi connectivity index (χ1n) is 6.08. The first kappa shape index (κ1) is 10.3. The van der Waals surface area contributed by atoms with E-state index in [0.717, 1.165) is 13.0 Å². The minimum Gasteiger partial charge on any atom is -0.237 e. The van der Waals surface area contributed by atoms with Gasteiger partial charge >= 0.3 is 0 Å². The monoisotopic (exact) mass is 225 g/mol. The van der Waals surface area contributed by atoms with Gasteiger partial charge in [-0.25, -0.2) is 9.47 Å². The van der Waals surface area contributed by atoms with Crippen LogP contribution in [0, 0.1) is 6.92 Å². The number of hydrogen-bond acceptors (Lipinski definition) is 1. The fourth-order valence-electron chi connectivity index (χ4n) is 2.68. The number of benzene rings is 1. The Morgan fingerprint density at radius 2 is 2.00 bits per heavy atom. The maximum Gasteiger partial charge on any atom is 0.281 e. The molecule has 2 nitrogen and oxygen atoms in total. The fraction of sp³-hybridized carbons (Fsp3) is 0.267. The Balaban J connectivity index is 2.13. The van der Waals surface area contributed by atoms with Crippen molar-refractivity contribution >= 4 is 11.5 Å². The second-order valence-electron chi connectivity index (χ2n) is 4.65. The molecule has 2 aromatic rings. The standard InChI is InChI=1S/C15H17N2/c1-12-6-5-7-13-9-11-17(15(12)13)14-8-3-4-10-16(14)2/h3-8,10H,9,11H2,1-2H3/q+1. The van der Waals surface area contributed by atoms with Gasteiger partial charge in [-0.05, 0) is 18.6 Å². The third kappa shape index (κ3) is 1.60. The average molecular weight is 225 g/mol. The fourth-order valence-corrected chi connectivity index (χ4v) is 2.68. The Labute approximate surface area is 102 Å². The number of nitrogens with zero attached hydrogens (tertiary/aromatic N) is 2. The van der Waals surface area contributed by atoms with Gasteiger partial charge in [-0.1, -0.05) is 24.3 Å². The maximum absolute atomic E-state index is 2.42. The van der Waals surface area contributed by atoms with E-state index in [1.165, 1.54) is 22.6 Å². The molecule has 0 unspecified atom stereocenters. The predicted octanol–water partition coefficient (Wildman–Crippen LogP) is 2.51. The van der Waals surface area contributed by atoms with Gasteiger partial charge in [-0.2, -0.15) is 0 Å². The van der Waals surface area contributed by atoms with Crippen LogP contribution in [0.15, 0.2) is 42.6 Å². The molecule has 0 spiro atoms. The Morgan fingerprint density at radius 1 is 1.12 bits per heavy atom. The number of aromatic nitrogens is 1. The normalized spacial score (nSPS) is 13.9. The van der Waals surface area contributed by atoms with Crippen molar-refractivity contribution in [2.24, 2.45) is 7.05 Å². The lowest BCUT2D eigenvalue weighted by atomic mass is 10.1. The number of pyridine rings is 1. The largest absolute Gasteiger partial charge is 0.281 e. The number of anilines is 2. The van der Waals surface area contributed by atoms with Crippen molar-refractivity contribution in [3.05, 3.63) is 53.7 Å². The first-order chi connectivity index (χ1) is 8.27. The predicted molar refractivity (Wildman–Crippen MR) is 69.5 cm³/mol. The molecule has 2 heterocycles. The van der Waals surface area contributed by atoms with E-state index in [1.54, 1.807) is 0 Å². The summed E-state index contributed by atoms with van der Waals surface area (Å²) in [6.45, 7) is 3.28. The lowest BCUT2D eigenvalue weighted by Crippen LogP contribution is -2.36. The van der Waals surface area contributed by atoms with Crippen molar-refractivity contribution in [3.63, 3.8) is 0 Å². The second-order valence-corrected chi connectivity index (χ2v) is 4.65. The Kier molecular flexibility index (Phi) is 2.36. The summed E-state index contributed by atoms with van der Waals surface area (Å²) in [5.74, 6) is 1.26. The summed E-state index contributed by atoms with van der Waals surface area (Å²) in [6.07, 6.45) is 3.25. The lowest BCUT2D eigenvalue weighted by Gasteiger charge is -2.14. The zero-order chi connectivity index (χ0) is 11.8. The van der Waals surface area contributed by atoms with Crippen LogP contribution in [0.25, 0.3) is 0 Å². The smallest absolute Gasteiger partial charge is 0.237 e. The third-order valence-electron chi connectivity index (χ3n) is 3.50. The molecule has 1 aromatic carbocycles. The van der Waals surface area contributed by atoms with E-state index in [2.05, 4.69) is 66.0 Å². The van der Waals surface area contributed by atoms with Crippen molar-refractivity contribution < 1.29 is 4.57 Å². The van der Waals surface area contributed by atoms with E-state index in [-0.39, 0.29) is 0 Å². The van der Waals surface area contributed by atoms with E-state index in [4.69, 9.17) is 0 Å². The van der Waals surface area contributed by atoms with Gasteiger partial charge in [0, 0.05) is 18.1 Å². The average Bonchev–Trinajstić information content (AvgIpc) is 2.75. The molecule has 0 aliphatic carbocycles. The molecule has 0 saturated heterocycles. The third-order valence-corrected chi connectivity index (χ3v) is 3.50. The van der Waals surface area contributed by atoms with Crippen LogP contribution in [0.4, 0.5) is 11.5 Å². The van der Waals surface area contributed by atoms with Gasteiger partial charge < -0.3 is 0 Å². The van der Waals surface area contributed by atoms with E-state index >= 15 is 0 Å². The van der Waals surface area contributed by atoms with Crippen LogP contribution < -0.4 is 9.47 Å². The van der Waals surface area contributed by atoms with E-state index in [1.807, 2.05) is 0 Å². The summed E-state index contributed by atoms with van der Waals surface area (Å²) in [4.78, 5) is 2.42. The van der Waals surface area contributed by atoms with Gasteiger partial charge in [-0.3, -0.25) is 0 Å². The highest BCUT2D eigenvalue weighted by Crippen LogP contribution is 2.35. The highest BCUT2D eigenvalue weighted by Gasteiger charge is 2.29. The Bertz CT molecular complexity index is 561. The van der Waals surface area contributed by atoms with Crippen LogP contribution in [-0.2, 0) is 13.5 Å². The molecule has 0 radical (unpaired) electrons.